The summed E-state index contributed by atoms with van der Waals surface area (Å²) in [5.41, 5.74) is 1.55. The molecule has 0 radical (unpaired) electrons. The summed E-state index contributed by atoms with van der Waals surface area (Å²) in [5.74, 6) is 0. The predicted octanol–water partition coefficient (Wildman–Crippen LogP) is 3.06. The molecule has 0 aromatic carbocycles. The molecule has 0 saturated carbocycles. The minimum Gasteiger partial charge on any atom is -0.0882 e. The van der Waals surface area contributed by atoms with E-state index in [1.165, 1.54) is 25.7 Å². The smallest absolute Gasteiger partial charge is 0 e. The van der Waals surface area contributed by atoms with Crippen molar-refractivity contribution in [3.63, 3.8) is 0 Å². The second-order valence-electron chi connectivity index (χ2n) is 2.64. The Balaban J connectivity index is 0.000000810. The summed E-state index contributed by atoms with van der Waals surface area (Å²) in [6.07, 6.45) is 11.9. The standard InChI is InChI=1S/C9H14.Pd/c1-9-7-5-3-2-4-6-8-9;/h2-3,8H,4-7H2,1H3;. The third-order valence-corrected chi connectivity index (χ3v) is 1.70. The van der Waals surface area contributed by atoms with Crippen molar-refractivity contribution in [2.75, 3.05) is 0 Å². The van der Waals surface area contributed by atoms with Crippen molar-refractivity contribution in [2.45, 2.75) is 32.6 Å². The summed E-state index contributed by atoms with van der Waals surface area (Å²) >= 11 is 0. The van der Waals surface area contributed by atoms with Crippen LogP contribution in [0.5, 0.6) is 0 Å². The Morgan fingerprint density at radius 2 is 1.80 bits per heavy atom. The van der Waals surface area contributed by atoms with Gasteiger partial charge in [-0.2, -0.15) is 0 Å². The van der Waals surface area contributed by atoms with Crippen molar-refractivity contribution in [1.82, 2.24) is 0 Å². The average Bonchev–Trinajstić information content (AvgIpc) is 1.79. The molecule has 1 heteroatoms. The Hall–Kier alpha value is 0.142. The molecule has 0 aliphatic heterocycles. The summed E-state index contributed by atoms with van der Waals surface area (Å²) in [6.45, 7) is 2.22. The zero-order valence-corrected chi connectivity index (χ0v) is 7.93. The van der Waals surface area contributed by atoms with Crippen LogP contribution in [0, 0.1) is 0 Å². The van der Waals surface area contributed by atoms with E-state index in [4.69, 9.17) is 0 Å². The second-order valence-corrected chi connectivity index (χ2v) is 2.64. The molecular formula is C9H14Pd. The van der Waals surface area contributed by atoms with Crippen LogP contribution in [0.25, 0.3) is 0 Å². The van der Waals surface area contributed by atoms with Gasteiger partial charge in [-0.05, 0) is 32.6 Å². The molecule has 0 aromatic rings. The number of allylic oxidation sites excluding steroid dienone is 4. The van der Waals surface area contributed by atoms with Crippen molar-refractivity contribution >= 4 is 0 Å². The molecule has 0 amide bonds. The summed E-state index contributed by atoms with van der Waals surface area (Å²) in [6, 6.07) is 0. The van der Waals surface area contributed by atoms with Gasteiger partial charge in [0.1, 0.15) is 0 Å². The zero-order chi connectivity index (χ0) is 6.53. The second kappa shape index (κ2) is 5.89. The fourth-order valence-corrected chi connectivity index (χ4v) is 1.07. The topological polar surface area (TPSA) is 0 Å². The van der Waals surface area contributed by atoms with Crippen molar-refractivity contribution < 1.29 is 20.4 Å². The minimum atomic E-state index is 0. The van der Waals surface area contributed by atoms with Gasteiger partial charge < -0.3 is 0 Å². The predicted molar refractivity (Wildman–Crippen MR) is 41.4 cm³/mol. The first-order valence-corrected chi connectivity index (χ1v) is 3.70. The molecule has 60 valence electrons. The fourth-order valence-electron chi connectivity index (χ4n) is 1.07. The minimum absolute atomic E-state index is 0. The van der Waals surface area contributed by atoms with Crippen molar-refractivity contribution in [3.8, 4) is 0 Å². The van der Waals surface area contributed by atoms with Gasteiger partial charge in [0.15, 0.2) is 0 Å². The molecule has 0 saturated heterocycles. The summed E-state index contributed by atoms with van der Waals surface area (Å²) in [7, 11) is 0. The van der Waals surface area contributed by atoms with Gasteiger partial charge in [0.2, 0.25) is 0 Å². The van der Waals surface area contributed by atoms with E-state index in [-0.39, 0.29) is 20.4 Å². The Morgan fingerprint density at radius 3 is 2.60 bits per heavy atom. The van der Waals surface area contributed by atoms with Crippen LogP contribution in [0.15, 0.2) is 23.8 Å². The molecule has 0 N–H and O–H groups in total. The van der Waals surface area contributed by atoms with E-state index in [1.54, 1.807) is 5.57 Å². The van der Waals surface area contributed by atoms with Crippen molar-refractivity contribution in [2.24, 2.45) is 0 Å². The van der Waals surface area contributed by atoms with Crippen LogP contribution in [0.2, 0.25) is 0 Å². The van der Waals surface area contributed by atoms with Gasteiger partial charge in [0.05, 0.1) is 0 Å². The van der Waals surface area contributed by atoms with Crippen LogP contribution in [0.1, 0.15) is 32.6 Å². The average molecular weight is 229 g/mol. The third-order valence-electron chi connectivity index (χ3n) is 1.70. The quantitative estimate of drug-likeness (QED) is 0.442. The van der Waals surface area contributed by atoms with Crippen molar-refractivity contribution in [1.29, 1.82) is 0 Å². The maximum atomic E-state index is 2.35. The molecule has 0 fully saturated rings. The SMILES string of the molecule is CC1=CCCC=CCC1.[Pd]. The van der Waals surface area contributed by atoms with Crippen LogP contribution < -0.4 is 0 Å². The van der Waals surface area contributed by atoms with Gasteiger partial charge >= 0.3 is 0 Å². The Kier molecular flexibility index (Phi) is 5.98. The maximum Gasteiger partial charge on any atom is 0 e. The molecule has 0 spiro atoms. The fraction of sp³-hybridized carbons (Fsp3) is 0.556. The van der Waals surface area contributed by atoms with Gasteiger partial charge in [-0.15, -0.1) is 0 Å². The van der Waals surface area contributed by atoms with Crippen LogP contribution in [-0.4, -0.2) is 0 Å². The van der Waals surface area contributed by atoms with E-state index in [0.29, 0.717) is 0 Å². The van der Waals surface area contributed by atoms with Crippen molar-refractivity contribution in [3.05, 3.63) is 23.8 Å². The van der Waals surface area contributed by atoms with Crippen LogP contribution in [0.3, 0.4) is 0 Å². The van der Waals surface area contributed by atoms with Gasteiger partial charge in [-0.1, -0.05) is 23.8 Å². The Bertz CT molecular complexity index is 134. The molecule has 0 atom stereocenters. The Morgan fingerprint density at radius 1 is 1.10 bits per heavy atom. The molecule has 1 rings (SSSR count). The van der Waals surface area contributed by atoms with E-state index in [9.17, 15) is 0 Å². The van der Waals surface area contributed by atoms with Crippen LogP contribution in [-0.2, 0) is 20.4 Å². The Labute approximate surface area is 77.1 Å². The third kappa shape index (κ3) is 4.04. The molecule has 10 heavy (non-hydrogen) atoms. The van der Waals surface area contributed by atoms with E-state index in [1.807, 2.05) is 0 Å². The van der Waals surface area contributed by atoms with Crippen LogP contribution >= 0.6 is 0 Å². The maximum absolute atomic E-state index is 2.35. The van der Waals surface area contributed by atoms with Gasteiger partial charge in [0, 0.05) is 20.4 Å². The number of hydrogen-bond donors (Lipinski definition) is 0. The number of rotatable bonds is 0. The first-order valence-electron chi connectivity index (χ1n) is 3.70. The van der Waals surface area contributed by atoms with Gasteiger partial charge in [0.25, 0.3) is 0 Å². The molecule has 0 nitrogen and oxygen atoms in total. The van der Waals surface area contributed by atoms with Gasteiger partial charge in [-0.25, -0.2) is 0 Å². The molecular weight excluding hydrogens is 215 g/mol. The number of hydrogen-bond acceptors (Lipinski definition) is 0. The zero-order valence-electron chi connectivity index (χ0n) is 6.38. The first kappa shape index (κ1) is 10.1. The van der Waals surface area contributed by atoms with E-state index in [0.717, 1.165) is 0 Å². The summed E-state index contributed by atoms with van der Waals surface area (Å²) in [5, 5.41) is 0. The normalized spacial score (nSPS) is 18.3. The van der Waals surface area contributed by atoms with E-state index < -0.39 is 0 Å². The molecule has 1 aliphatic rings. The van der Waals surface area contributed by atoms with E-state index >= 15 is 0 Å². The monoisotopic (exact) mass is 228 g/mol. The summed E-state index contributed by atoms with van der Waals surface area (Å²) in [4.78, 5) is 0. The molecule has 0 aromatic heterocycles. The van der Waals surface area contributed by atoms with Gasteiger partial charge in [-0.3, -0.25) is 0 Å². The molecule has 0 bridgehead atoms. The largest absolute Gasteiger partial charge is 0.0882 e. The van der Waals surface area contributed by atoms with Crippen LogP contribution in [0.4, 0.5) is 0 Å². The first-order chi connectivity index (χ1) is 4.39. The molecule has 1 aliphatic carbocycles. The molecule has 0 unspecified atom stereocenters. The summed E-state index contributed by atoms with van der Waals surface area (Å²) < 4.78 is 0. The molecule has 0 heterocycles. The van der Waals surface area contributed by atoms with E-state index in [2.05, 4.69) is 25.2 Å².